The monoisotopic (exact) mass is 290 g/mol. The van der Waals surface area contributed by atoms with Gasteiger partial charge in [0, 0.05) is 20.2 Å². The van der Waals surface area contributed by atoms with Crippen molar-refractivity contribution in [1.82, 2.24) is 0 Å². The van der Waals surface area contributed by atoms with Crippen molar-refractivity contribution in [3.63, 3.8) is 0 Å². The molecule has 0 aliphatic heterocycles. The van der Waals surface area contributed by atoms with Crippen LogP contribution in [0.25, 0.3) is 20.2 Å². The Morgan fingerprint density at radius 1 is 0.733 bits per heavy atom. The number of halogens is 1. The number of rotatable bonds is 0. The third-order valence-corrected chi connectivity index (χ3v) is 3.44. The first-order valence-corrected chi connectivity index (χ1v) is 5.13. The number of thiophene rings is 1. The SMILES string of the molecule is Br.[H-].[H-].[Mg+2].c1ccc2c(c1)sc1ccccc12. The Kier molecular flexibility index (Phi) is 4.58. The fourth-order valence-electron chi connectivity index (χ4n) is 1.67. The van der Waals surface area contributed by atoms with Crippen LogP contribution in [-0.4, -0.2) is 23.1 Å². The van der Waals surface area contributed by atoms with Gasteiger partial charge in [0.15, 0.2) is 0 Å². The molecule has 3 rings (SSSR count). The molecular weight excluding hydrogens is 280 g/mol. The Morgan fingerprint density at radius 3 is 1.60 bits per heavy atom. The van der Waals surface area contributed by atoms with Gasteiger partial charge in [0.05, 0.1) is 0 Å². The molecule has 0 radical (unpaired) electrons. The van der Waals surface area contributed by atoms with Crippen molar-refractivity contribution in [2.75, 3.05) is 0 Å². The minimum Gasteiger partial charge on any atom is -1.00 e. The summed E-state index contributed by atoms with van der Waals surface area (Å²) in [6, 6.07) is 17.1. The molecule has 0 spiro atoms. The van der Waals surface area contributed by atoms with Gasteiger partial charge in [-0.05, 0) is 12.1 Å². The van der Waals surface area contributed by atoms with Gasteiger partial charge in [0.1, 0.15) is 0 Å². The van der Waals surface area contributed by atoms with Crippen molar-refractivity contribution in [3.8, 4) is 0 Å². The summed E-state index contributed by atoms with van der Waals surface area (Å²) in [5, 5.41) is 2.76. The number of hydrogen-bond acceptors (Lipinski definition) is 1. The summed E-state index contributed by atoms with van der Waals surface area (Å²) < 4.78 is 2.76. The zero-order valence-corrected chi connectivity index (χ0v) is 12.1. The van der Waals surface area contributed by atoms with Crippen LogP contribution >= 0.6 is 28.3 Å². The van der Waals surface area contributed by atoms with E-state index in [1.54, 1.807) is 0 Å². The molecular formula is C12H11BrMgS. The van der Waals surface area contributed by atoms with E-state index >= 15 is 0 Å². The van der Waals surface area contributed by atoms with E-state index in [9.17, 15) is 0 Å². The maximum absolute atomic E-state index is 2.19. The summed E-state index contributed by atoms with van der Waals surface area (Å²) in [5.41, 5.74) is 0. The minimum absolute atomic E-state index is 0. The van der Waals surface area contributed by atoms with Crippen molar-refractivity contribution in [1.29, 1.82) is 0 Å². The molecule has 15 heavy (non-hydrogen) atoms. The Bertz CT molecular complexity index is 532. The van der Waals surface area contributed by atoms with Crippen molar-refractivity contribution in [2.45, 2.75) is 0 Å². The largest absolute Gasteiger partial charge is 2.00 e. The third-order valence-electron chi connectivity index (χ3n) is 2.28. The van der Waals surface area contributed by atoms with Crippen LogP contribution in [-0.2, 0) is 0 Å². The van der Waals surface area contributed by atoms with E-state index in [1.807, 2.05) is 11.3 Å². The van der Waals surface area contributed by atoms with Gasteiger partial charge in [-0.25, -0.2) is 0 Å². The van der Waals surface area contributed by atoms with Crippen LogP contribution in [0.3, 0.4) is 0 Å². The van der Waals surface area contributed by atoms with Crippen molar-refractivity contribution >= 4 is 71.5 Å². The van der Waals surface area contributed by atoms with Gasteiger partial charge in [-0.1, -0.05) is 36.4 Å². The molecule has 3 heteroatoms. The molecule has 0 unspecified atom stereocenters. The fourth-order valence-corrected chi connectivity index (χ4v) is 2.78. The molecule has 0 N–H and O–H groups in total. The van der Waals surface area contributed by atoms with Crippen LogP contribution in [0, 0.1) is 0 Å². The van der Waals surface area contributed by atoms with Gasteiger partial charge in [-0.2, -0.15) is 0 Å². The fraction of sp³-hybridized carbons (Fsp3) is 0. The molecule has 3 aromatic rings. The van der Waals surface area contributed by atoms with Crippen LogP contribution in [0.15, 0.2) is 48.5 Å². The Balaban J connectivity index is 0. The third kappa shape index (κ3) is 2.20. The summed E-state index contributed by atoms with van der Waals surface area (Å²) in [5.74, 6) is 0. The van der Waals surface area contributed by atoms with Crippen LogP contribution in [0.1, 0.15) is 2.85 Å². The van der Waals surface area contributed by atoms with Crippen molar-refractivity contribution in [3.05, 3.63) is 48.5 Å². The zero-order chi connectivity index (χ0) is 8.67. The maximum Gasteiger partial charge on any atom is 2.00 e. The molecule has 0 saturated heterocycles. The second-order valence-electron chi connectivity index (χ2n) is 3.09. The maximum atomic E-state index is 2.19. The van der Waals surface area contributed by atoms with Gasteiger partial charge in [-0.15, -0.1) is 28.3 Å². The van der Waals surface area contributed by atoms with E-state index in [0.717, 1.165) is 0 Å². The van der Waals surface area contributed by atoms with Crippen molar-refractivity contribution < 1.29 is 2.85 Å². The topological polar surface area (TPSA) is 0 Å². The van der Waals surface area contributed by atoms with Crippen molar-refractivity contribution in [2.24, 2.45) is 0 Å². The van der Waals surface area contributed by atoms with E-state index in [0.29, 0.717) is 0 Å². The Labute approximate surface area is 122 Å². The summed E-state index contributed by atoms with van der Waals surface area (Å²) in [6.07, 6.45) is 0. The van der Waals surface area contributed by atoms with Crippen LogP contribution in [0.4, 0.5) is 0 Å². The van der Waals surface area contributed by atoms with Gasteiger partial charge >= 0.3 is 23.1 Å². The van der Waals surface area contributed by atoms with Crippen LogP contribution < -0.4 is 0 Å². The van der Waals surface area contributed by atoms with Crippen LogP contribution in [0.2, 0.25) is 0 Å². The van der Waals surface area contributed by atoms with E-state index in [1.165, 1.54) is 20.2 Å². The molecule has 0 fully saturated rings. The minimum atomic E-state index is 0. The molecule has 74 valence electrons. The predicted molar refractivity (Wildman–Crippen MR) is 77.6 cm³/mol. The Morgan fingerprint density at radius 2 is 1.13 bits per heavy atom. The summed E-state index contributed by atoms with van der Waals surface area (Å²) in [6.45, 7) is 0. The van der Waals surface area contributed by atoms with Gasteiger partial charge in [0.25, 0.3) is 0 Å². The Hall–Kier alpha value is -0.0938. The standard InChI is InChI=1S/C12H8S.BrH.Mg.2H/c1-3-7-11-9(5-1)10-6-2-4-8-12(10)13-11;;;;/h1-8H;1H;;;/q;;+2;2*-1. The molecule has 0 aliphatic rings. The molecule has 0 saturated carbocycles. The summed E-state index contributed by atoms with van der Waals surface area (Å²) in [4.78, 5) is 0. The van der Waals surface area contributed by atoms with E-state index in [-0.39, 0.29) is 42.9 Å². The van der Waals surface area contributed by atoms with E-state index in [4.69, 9.17) is 0 Å². The average Bonchev–Trinajstić information content (AvgIpc) is 2.56. The molecule has 0 bridgehead atoms. The van der Waals surface area contributed by atoms with E-state index in [2.05, 4.69) is 48.5 Å². The molecule has 1 aromatic heterocycles. The summed E-state index contributed by atoms with van der Waals surface area (Å²) in [7, 11) is 0. The van der Waals surface area contributed by atoms with Gasteiger partial charge in [0.2, 0.25) is 0 Å². The molecule has 0 aliphatic carbocycles. The number of benzene rings is 2. The first kappa shape index (κ1) is 13.0. The van der Waals surface area contributed by atoms with E-state index < -0.39 is 0 Å². The zero-order valence-electron chi connectivity index (χ0n) is 10.1. The number of hydrogen-bond donors (Lipinski definition) is 0. The summed E-state index contributed by atoms with van der Waals surface area (Å²) >= 11 is 1.86. The molecule has 0 atom stereocenters. The quantitative estimate of drug-likeness (QED) is 0.536. The molecule has 0 amide bonds. The second kappa shape index (κ2) is 5.30. The predicted octanol–water partition coefficient (Wildman–Crippen LogP) is 4.48. The van der Waals surface area contributed by atoms with Gasteiger partial charge < -0.3 is 2.85 Å². The first-order chi connectivity index (χ1) is 6.45. The van der Waals surface area contributed by atoms with Gasteiger partial charge in [-0.3, -0.25) is 0 Å². The first-order valence-electron chi connectivity index (χ1n) is 4.31. The normalized spacial score (nSPS) is 9.60. The number of fused-ring (bicyclic) bond motifs is 3. The molecule has 2 aromatic carbocycles. The smallest absolute Gasteiger partial charge is 1.00 e. The van der Waals surface area contributed by atoms with Crippen LogP contribution in [0.5, 0.6) is 0 Å². The second-order valence-corrected chi connectivity index (χ2v) is 4.18. The average molecular weight is 291 g/mol. The molecule has 1 heterocycles. The molecule has 0 nitrogen and oxygen atoms in total.